The van der Waals surface area contributed by atoms with E-state index in [0.717, 1.165) is 5.69 Å². The first-order chi connectivity index (χ1) is 8.59. The molecule has 18 heavy (non-hydrogen) atoms. The summed E-state index contributed by atoms with van der Waals surface area (Å²) in [6.45, 7) is 0. The average Bonchev–Trinajstić information content (AvgIpc) is 2.82. The smallest absolute Gasteiger partial charge is 0.279 e. The standard InChI is InChI=1S/C10H6ClIN4OS/c1-15-5-2-3-18-7(5)9(17)16(12)6-4-13-10(11)14-8(6)15/h2-4H,1H3. The molecule has 0 N–H and O–H groups in total. The van der Waals surface area contributed by atoms with E-state index in [1.807, 2.05) is 46.3 Å². The summed E-state index contributed by atoms with van der Waals surface area (Å²) in [6, 6.07) is 1.90. The van der Waals surface area contributed by atoms with Crippen LogP contribution in [-0.2, 0) is 0 Å². The van der Waals surface area contributed by atoms with Crippen molar-refractivity contribution in [3.63, 3.8) is 0 Å². The first kappa shape index (κ1) is 12.1. The molecule has 0 radical (unpaired) electrons. The number of anilines is 3. The number of carbonyl (C=O) groups excluding carboxylic acids is 1. The second kappa shape index (κ2) is 4.32. The fraction of sp³-hybridized carbons (Fsp3) is 0.100. The second-order valence-electron chi connectivity index (χ2n) is 3.63. The molecular weight excluding hydrogens is 387 g/mol. The fourth-order valence-electron chi connectivity index (χ4n) is 1.77. The molecule has 0 fully saturated rings. The van der Waals surface area contributed by atoms with Crippen molar-refractivity contribution in [2.75, 3.05) is 15.1 Å². The zero-order valence-electron chi connectivity index (χ0n) is 9.09. The van der Waals surface area contributed by atoms with Crippen LogP contribution in [0.25, 0.3) is 0 Å². The quantitative estimate of drug-likeness (QED) is 0.392. The van der Waals surface area contributed by atoms with Gasteiger partial charge in [0.15, 0.2) is 5.82 Å². The Hall–Kier alpha value is -0.930. The van der Waals surface area contributed by atoms with Gasteiger partial charge in [0.2, 0.25) is 5.28 Å². The number of carbonyl (C=O) groups is 1. The molecule has 0 bridgehead atoms. The number of halogens is 2. The number of fused-ring (bicyclic) bond motifs is 2. The van der Waals surface area contributed by atoms with E-state index in [9.17, 15) is 4.79 Å². The van der Waals surface area contributed by atoms with Crippen LogP contribution in [0.5, 0.6) is 0 Å². The van der Waals surface area contributed by atoms with E-state index < -0.39 is 0 Å². The fourth-order valence-corrected chi connectivity index (χ4v) is 3.50. The molecule has 2 aromatic rings. The highest BCUT2D eigenvalue weighted by Gasteiger charge is 2.30. The van der Waals surface area contributed by atoms with Crippen LogP contribution in [0.15, 0.2) is 17.6 Å². The van der Waals surface area contributed by atoms with E-state index in [-0.39, 0.29) is 11.2 Å². The number of hydrogen-bond donors (Lipinski definition) is 0. The maximum absolute atomic E-state index is 12.3. The minimum absolute atomic E-state index is 0.0721. The van der Waals surface area contributed by atoms with E-state index in [0.29, 0.717) is 16.4 Å². The number of rotatable bonds is 0. The van der Waals surface area contributed by atoms with E-state index in [2.05, 4.69) is 9.97 Å². The highest BCUT2D eigenvalue weighted by atomic mass is 127. The lowest BCUT2D eigenvalue weighted by Gasteiger charge is -2.18. The second-order valence-corrected chi connectivity index (χ2v) is 5.85. The van der Waals surface area contributed by atoms with Crippen LogP contribution < -0.4 is 8.01 Å². The highest BCUT2D eigenvalue weighted by molar-refractivity contribution is 14.1. The number of hydrogen-bond acceptors (Lipinski definition) is 5. The predicted octanol–water partition coefficient (Wildman–Crippen LogP) is 3.27. The lowest BCUT2D eigenvalue weighted by atomic mass is 10.3. The van der Waals surface area contributed by atoms with Gasteiger partial charge in [0.1, 0.15) is 10.6 Å². The Labute approximate surface area is 126 Å². The molecule has 0 aliphatic carbocycles. The van der Waals surface area contributed by atoms with Crippen molar-refractivity contribution in [3.05, 3.63) is 27.8 Å². The first-order valence-electron chi connectivity index (χ1n) is 4.93. The summed E-state index contributed by atoms with van der Waals surface area (Å²) >= 11 is 9.19. The number of thiophene rings is 1. The van der Waals surface area contributed by atoms with Crippen LogP contribution in [0.4, 0.5) is 17.2 Å². The summed E-state index contributed by atoms with van der Waals surface area (Å²) < 4.78 is 1.52. The molecule has 1 amide bonds. The van der Waals surface area contributed by atoms with E-state index in [4.69, 9.17) is 11.6 Å². The van der Waals surface area contributed by atoms with Crippen LogP contribution in [0.2, 0.25) is 5.28 Å². The summed E-state index contributed by atoms with van der Waals surface area (Å²) in [5, 5.41) is 2.05. The molecule has 1 aliphatic heterocycles. The third-order valence-electron chi connectivity index (χ3n) is 2.63. The van der Waals surface area contributed by atoms with E-state index >= 15 is 0 Å². The Balaban J connectivity index is 2.30. The van der Waals surface area contributed by atoms with Crippen molar-refractivity contribution >= 4 is 68.9 Å². The first-order valence-corrected chi connectivity index (χ1v) is 7.16. The molecule has 0 spiro atoms. The summed E-state index contributed by atoms with van der Waals surface area (Å²) in [5.41, 5.74) is 1.47. The summed E-state index contributed by atoms with van der Waals surface area (Å²) in [6.07, 6.45) is 1.56. The predicted molar refractivity (Wildman–Crippen MR) is 80.3 cm³/mol. The van der Waals surface area contributed by atoms with Crippen molar-refractivity contribution < 1.29 is 4.79 Å². The number of amides is 1. The van der Waals surface area contributed by atoms with Gasteiger partial charge in [0.05, 0.1) is 34.7 Å². The molecule has 5 nitrogen and oxygen atoms in total. The van der Waals surface area contributed by atoms with Crippen molar-refractivity contribution in [3.8, 4) is 0 Å². The zero-order chi connectivity index (χ0) is 12.9. The molecule has 0 unspecified atom stereocenters. The van der Waals surface area contributed by atoms with Gasteiger partial charge in [-0.1, -0.05) is 0 Å². The summed E-state index contributed by atoms with van der Waals surface area (Å²) in [4.78, 5) is 23.0. The number of aromatic nitrogens is 2. The molecular formula is C10H6ClIN4OS. The maximum atomic E-state index is 12.3. The molecule has 3 heterocycles. The van der Waals surface area contributed by atoms with Crippen LogP contribution in [0, 0.1) is 0 Å². The summed E-state index contributed by atoms with van der Waals surface area (Å²) in [5.74, 6) is 0.548. The van der Waals surface area contributed by atoms with Crippen LogP contribution in [0.3, 0.4) is 0 Å². The molecule has 2 aromatic heterocycles. The SMILES string of the molecule is CN1c2ccsc2C(=O)N(I)c2cnc(Cl)nc21. The van der Waals surface area contributed by atoms with Crippen LogP contribution in [-0.4, -0.2) is 22.9 Å². The van der Waals surface area contributed by atoms with Crippen LogP contribution in [0.1, 0.15) is 9.67 Å². The lowest BCUT2D eigenvalue weighted by molar-refractivity contribution is 0.102. The third-order valence-corrected chi connectivity index (χ3v) is 4.66. The minimum Gasteiger partial charge on any atom is -0.326 e. The monoisotopic (exact) mass is 392 g/mol. The van der Waals surface area contributed by atoms with E-state index in [1.165, 1.54) is 14.5 Å². The molecule has 1 aliphatic rings. The Morgan fingerprint density at radius 2 is 2.22 bits per heavy atom. The Bertz CT molecular complexity index is 647. The van der Waals surface area contributed by atoms with Gasteiger partial charge in [-0.15, -0.1) is 11.3 Å². The molecule has 8 heteroatoms. The highest BCUT2D eigenvalue weighted by Crippen LogP contribution is 2.41. The van der Waals surface area contributed by atoms with Crippen molar-refractivity contribution in [2.45, 2.75) is 0 Å². The zero-order valence-corrected chi connectivity index (χ0v) is 12.8. The van der Waals surface area contributed by atoms with Gasteiger partial charge in [-0.05, 0) is 23.0 Å². The van der Waals surface area contributed by atoms with Gasteiger partial charge in [-0.2, -0.15) is 4.98 Å². The van der Waals surface area contributed by atoms with Gasteiger partial charge >= 0.3 is 0 Å². The third kappa shape index (κ3) is 1.69. The normalized spacial score (nSPS) is 14.3. The molecule has 0 saturated heterocycles. The Morgan fingerprint density at radius 3 is 3.00 bits per heavy atom. The van der Waals surface area contributed by atoms with Crippen LogP contribution >= 0.6 is 45.8 Å². The largest absolute Gasteiger partial charge is 0.326 e. The topological polar surface area (TPSA) is 49.3 Å². The van der Waals surface area contributed by atoms with Crippen molar-refractivity contribution in [1.82, 2.24) is 9.97 Å². The van der Waals surface area contributed by atoms with E-state index in [1.54, 1.807) is 6.20 Å². The van der Waals surface area contributed by atoms with Crippen molar-refractivity contribution in [1.29, 1.82) is 0 Å². The molecule has 0 saturated carbocycles. The molecule has 0 atom stereocenters. The lowest BCUT2D eigenvalue weighted by Crippen LogP contribution is -2.18. The summed E-state index contributed by atoms with van der Waals surface area (Å²) in [7, 11) is 1.86. The van der Waals surface area contributed by atoms with Gasteiger partial charge < -0.3 is 4.90 Å². The molecule has 3 rings (SSSR count). The Morgan fingerprint density at radius 1 is 1.44 bits per heavy atom. The average molecular weight is 393 g/mol. The van der Waals surface area contributed by atoms with Gasteiger partial charge in [-0.3, -0.25) is 4.79 Å². The molecule has 92 valence electrons. The van der Waals surface area contributed by atoms with Gasteiger partial charge in [-0.25, -0.2) is 8.10 Å². The van der Waals surface area contributed by atoms with Gasteiger partial charge in [0.25, 0.3) is 5.91 Å². The van der Waals surface area contributed by atoms with Crippen molar-refractivity contribution in [2.24, 2.45) is 0 Å². The Kier molecular flexibility index (Phi) is 2.91. The minimum atomic E-state index is -0.0721. The number of nitrogens with zero attached hydrogens (tertiary/aromatic N) is 4. The maximum Gasteiger partial charge on any atom is 0.279 e. The van der Waals surface area contributed by atoms with Gasteiger partial charge in [0, 0.05) is 7.05 Å². The molecule has 0 aromatic carbocycles.